The molecule has 2 aliphatic heterocycles. The Kier molecular flexibility index (Phi) is 3.21. The number of nitrogens with zero attached hydrogens (tertiary/aromatic N) is 3. The van der Waals surface area contributed by atoms with Gasteiger partial charge in [0.25, 0.3) is 5.91 Å². The van der Waals surface area contributed by atoms with Gasteiger partial charge in [-0.3, -0.25) is 4.79 Å². The second kappa shape index (κ2) is 5.04. The largest absolute Gasteiger partial charge is 0.381 e. The first-order valence-electron chi connectivity index (χ1n) is 8.07. The number of aryl methyl sites for hydroxylation is 2. The van der Waals surface area contributed by atoms with Gasteiger partial charge in [-0.05, 0) is 31.5 Å². The molecule has 2 aromatic rings. The first kappa shape index (κ1) is 14.7. The van der Waals surface area contributed by atoms with Gasteiger partial charge in [-0.1, -0.05) is 0 Å². The van der Waals surface area contributed by atoms with Crippen LogP contribution in [0, 0.1) is 12.8 Å². The molecule has 23 heavy (non-hydrogen) atoms. The third-order valence-corrected chi connectivity index (χ3v) is 5.41. The average molecular weight is 314 g/mol. The number of nitrogens with two attached hydrogens (primary N) is 1. The second-order valence-electron chi connectivity index (χ2n) is 6.86. The number of imidazole rings is 1. The summed E-state index contributed by atoms with van der Waals surface area (Å²) in [5.41, 5.74) is 8.81. The molecule has 0 bridgehead atoms. The van der Waals surface area contributed by atoms with Crippen molar-refractivity contribution in [3.05, 3.63) is 29.6 Å². The highest BCUT2D eigenvalue weighted by molar-refractivity contribution is 5.97. The van der Waals surface area contributed by atoms with Gasteiger partial charge in [-0.15, -0.1) is 0 Å². The molecule has 1 aromatic heterocycles. The third-order valence-electron chi connectivity index (χ3n) is 5.41. The Balaban J connectivity index is 1.63. The summed E-state index contributed by atoms with van der Waals surface area (Å²) in [5, 5.41) is 0. The fourth-order valence-corrected chi connectivity index (χ4v) is 3.77. The first-order chi connectivity index (χ1) is 11.0. The summed E-state index contributed by atoms with van der Waals surface area (Å²) < 4.78 is 7.54. The van der Waals surface area contributed by atoms with E-state index in [4.69, 9.17) is 10.5 Å². The van der Waals surface area contributed by atoms with Crippen LogP contribution in [-0.2, 0) is 11.8 Å². The topological polar surface area (TPSA) is 73.4 Å². The zero-order chi connectivity index (χ0) is 16.2. The van der Waals surface area contributed by atoms with E-state index in [1.54, 1.807) is 0 Å². The van der Waals surface area contributed by atoms with E-state index in [1.165, 1.54) is 0 Å². The van der Waals surface area contributed by atoms with E-state index >= 15 is 0 Å². The summed E-state index contributed by atoms with van der Waals surface area (Å²) in [5.74, 6) is 1.22. The summed E-state index contributed by atoms with van der Waals surface area (Å²) >= 11 is 0. The van der Waals surface area contributed by atoms with Crippen molar-refractivity contribution < 1.29 is 9.53 Å². The van der Waals surface area contributed by atoms with Crippen LogP contribution in [0.5, 0.6) is 0 Å². The molecule has 6 nitrogen and oxygen atoms in total. The number of hydrogen-bond donors (Lipinski definition) is 1. The molecular weight excluding hydrogens is 292 g/mol. The molecule has 0 unspecified atom stereocenters. The van der Waals surface area contributed by atoms with Crippen LogP contribution < -0.4 is 5.73 Å². The summed E-state index contributed by atoms with van der Waals surface area (Å²) in [6.07, 6.45) is 0.821. The van der Waals surface area contributed by atoms with Gasteiger partial charge < -0.3 is 19.9 Å². The highest BCUT2D eigenvalue weighted by Gasteiger charge is 2.47. The molecule has 2 N–H and O–H groups in total. The van der Waals surface area contributed by atoms with Gasteiger partial charge in [0.2, 0.25) is 0 Å². The van der Waals surface area contributed by atoms with Crippen LogP contribution in [0.1, 0.15) is 22.6 Å². The lowest BCUT2D eigenvalue weighted by atomic mass is 9.84. The van der Waals surface area contributed by atoms with E-state index in [2.05, 4.69) is 4.98 Å². The van der Waals surface area contributed by atoms with Crippen LogP contribution in [0.25, 0.3) is 11.0 Å². The highest BCUT2D eigenvalue weighted by atomic mass is 16.5. The molecule has 2 saturated heterocycles. The standard InChI is InChI=1S/C17H22N4O2/c1-11-19-14-4-3-12(7-15(14)20(11)2)16(22)21-8-13-9-23-6-5-17(13,18)10-21/h3-4,7,13H,5-6,8-10,18H2,1-2H3/t13-,17+/m1/s1. The van der Waals surface area contributed by atoms with Gasteiger partial charge in [0.05, 0.1) is 17.6 Å². The number of carbonyl (C=O) groups excluding carboxylic acids is 1. The molecule has 4 rings (SSSR count). The number of fused-ring (bicyclic) bond motifs is 2. The quantitative estimate of drug-likeness (QED) is 0.854. The smallest absolute Gasteiger partial charge is 0.254 e. The Bertz CT molecular complexity index is 784. The summed E-state index contributed by atoms with van der Waals surface area (Å²) in [6, 6.07) is 5.71. The number of amides is 1. The van der Waals surface area contributed by atoms with E-state index in [0.717, 1.165) is 23.3 Å². The van der Waals surface area contributed by atoms with Crippen LogP contribution in [0.2, 0.25) is 0 Å². The van der Waals surface area contributed by atoms with E-state index in [1.807, 2.05) is 41.6 Å². The minimum Gasteiger partial charge on any atom is -0.381 e. The summed E-state index contributed by atoms with van der Waals surface area (Å²) in [6.45, 7) is 4.60. The van der Waals surface area contributed by atoms with Crippen molar-refractivity contribution in [2.24, 2.45) is 18.7 Å². The molecule has 1 amide bonds. The van der Waals surface area contributed by atoms with E-state index < -0.39 is 0 Å². The maximum Gasteiger partial charge on any atom is 0.254 e. The minimum absolute atomic E-state index is 0.0463. The average Bonchev–Trinajstić information content (AvgIpc) is 3.04. The van der Waals surface area contributed by atoms with Gasteiger partial charge in [0.15, 0.2) is 0 Å². The molecule has 0 aliphatic carbocycles. The van der Waals surface area contributed by atoms with E-state index in [-0.39, 0.29) is 17.4 Å². The third kappa shape index (κ3) is 2.24. The Morgan fingerprint density at radius 1 is 1.48 bits per heavy atom. The number of hydrogen-bond acceptors (Lipinski definition) is 4. The van der Waals surface area contributed by atoms with Gasteiger partial charge in [-0.25, -0.2) is 4.98 Å². The molecule has 1 aromatic carbocycles. The molecule has 2 fully saturated rings. The van der Waals surface area contributed by atoms with E-state index in [0.29, 0.717) is 31.9 Å². The number of rotatable bonds is 1. The maximum absolute atomic E-state index is 12.9. The highest BCUT2D eigenvalue weighted by Crippen LogP contribution is 2.33. The van der Waals surface area contributed by atoms with Crippen LogP contribution in [0.4, 0.5) is 0 Å². The van der Waals surface area contributed by atoms with Gasteiger partial charge in [-0.2, -0.15) is 0 Å². The number of aromatic nitrogens is 2. The summed E-state index contributed by atoms with van der Waals surface area (Å²) in [4.78, 5) is 19.3. The lowest BCUT2D eigenvalue weighted by molar-refractivity contribution is 0.0241. The molecule has 2 atom stereocenters. The van der Waals surface area contributed by atoms with Crippen molar-refractivity contribution in [1.82, 2.24) is 14.5 Å². The minimum atomic E-state index is -0.291. The maximum atomic E-state index is 12.9. The number of benzene rings is 1. The molecule has 6 heteroatoms. The van der Waals surface area contributed by atoms with Crippen LogP contribution in [0.3, 0.4) is 0 Å². The van der Waals surface area contributed by atoms with Crippen molar-refractivity contribution >= 4 is 16.9 Å². The number of likely N-dealkylation sites (tertiary alicyclic amines) is 1. The zero-order valence-corrected chi connectivity index (χ0v) is 13.6. The van der Waals surface area contributed by atoms with Gasteiger partial charge in [0, 0.05) is 43.8 Å². The van der Waals surface area contributed by atoms with Crippen molar-refractivity contribution in [3.63, 3.8) is 0 Å². The Labute approximate surface area is 135 Å². The second-order valence-corrected chi connectivity index (χ2v) is 6.86. The molecule has 0 spiro atoms. The van der Waals surface area contributed by atoms with Crippen molar-refractivity contribution in [2.45, 2.75) is 18.9 Å². The SMILES string of the molecule is Cc1nc2ccc(C(=O)N3C[C@@H]4COCC[C@]4(N)C3)cc2n1C. The molecule has 0 saturated carbocycles. The van der Waals surface area contributed by atoms with Crippen LogP contribution >= 0.6 is 0 Å². The zero-order valence-electron chi connectivity index (χ0n) is 13.6. The lowest BCUT2D eigenvalue weighted by Gasteiger charge is -2.34. The van der Waals surface area contributed by atoms with Crippen molar-refractivity contribution in [1.29, 1.82) is 0 Å². The van der Waals surface area contributed by atoms with Crippen molar-refractivity contribution in [3.8, 4) is 0 Å². The lowest BCUT2D eigenvalue weighted by Crippen LogP contribution is -2.52. The van der Waals surface area contributed by atoms with Crippen molar-refractivity contribution in [2.75, 3.05) is 26.3 Å². The molecule has 3 heterocycles. The fraction of sp³-hybridized carbons (Fsp3) is 0.529. The monoisotopic (exact) mass is 314 g/mol. The van der Waals surface area contributed by atoms with E-state index in [9.17, 15) is 4.79 Å². The molecule has 0 radical (unpaired) electrons. The molecule has 2 aliphatic rings. The normalized spacial score (nSPS) is 27.4. The Hall–Kier alpha value is -1.92. The van der Waals surface area contributed by atoms with Gasteiger partial charge in [0.1, 0.15) is 5.82 Å². The predicted octanol–water partition coefficient (Wildman–Crippen LogP) is 1.07. The fourth-order valence-electron chi connectivity index (χ4n) is 3.77. The summed E-state index contributed by atoms with van der Waals surface area (Å²) in [7, 11) is 1.97. The van der Waals surface area contributed by atoms with Gasteiger partial charge >= 0.3 is 0 Å². The van der Waals surface area contributed by atoms with Crippen LogP contribution in [-0.4, -0.2) is 52.2 Å². The molecule has 122 valence electrons. The Morgan fingerprint density at radius 2 is 2.30 bits per heavy atom. The predicted molar refractivity (Wildman–Crippen MR) is 87.2 cm³/mol. The number of ether oxygens (including phenoxy) is 1. The van der Waals surface area contributed by atoms with Crippen LogP contribution in [0.15, 0.2) is 18.2 Å². The Morgan fingerprint density at radius 3 is 3.09 bits per heavy atom. The first-order valence-corrected chi connectivity index (χ1v) is 8.07. The molecular formula is C17H22N4O2. The number of carbonyl (C=O) groups is 1.